The maximum absolute atomic E-state index is 5.51. The Bertz CT molecular complexity index is 1040. The van der Waals surface area contributed by atoms with Gasteiger partial charge < -0.3 is 4.74 Å². The Kier molecular flexibility index (Phi) is 4.74. The van der Waals surface area contributed by atoms with Gasteiger partial charge >= 0.3 is 0 Å². The summed E-state index contributed by atoms with van der Waals surface area (Å²) in [5, 5.41) is 16.7. The lowest BCUT2D eigenvalue weighted by Gasteiger charge is -2.06. The Morgan fingerprint density at radius 3 is 2.52 bits per heavy atom. The first-order valence-corrected chi connectivity index (χ1v) is 8.47. The van der Waals surface area contributed by atoms with E-state index >= 15 is 0 Å². The molecule has 2 aromatic carbocycles. The fourth-order valence-corrected chi connectivity index (χ4v) is 2.82. The van der Waals surface area contributed by atoms with Crippen LogP contribution in [0.25, 0.3) is 11.3 Å². The Hall–Kier alpha value is -3.74. The molecule has 0 saturated heterocycles. The Morgan fingerprint density at radius 2 is 1.74 bits per heavy atom. The quantitative estimate of drug-likeness (QED) is 0.497. The maximum atomic E-state index is 5.51. The van der Waals surface area contributed by atoms with Crippen LogP contribution in [-0.4, -0.2) is 38.0 Å². The highest BCUT2D eigenvalue weighted by Gasteiger charge is 2.14. The molecule has 0 aliphatic heterocycles. The Labute approximate surface area is 156 Å². The van der Waals surface area contributed by atoms with Crippen LogP contribution in [0.5, 0.6) is 5.75 Å². The summed E-state index contributed by atoms with van der Waals surface area (Å²) in [5.41, 5.74) is 3.77. The summed E-state index contributed by atoms with van der Waals surface area (Å²) in [5.74, 6) is 0.765. The van der Waals surface area contributed by atoms with Gasteiger partial charge in [-0.3, -0.25) is 4.68 Å². The largest absolute Gasteiger partial charge is 0.496 e. The summed E-state index contributed by atoms with van der Waals surface area (Å²) in [6.07, 6.45) is 6.80. The maximum Gasteiger partial charge on any atom is 0.141 e. The zero-order chi connectivity index (χ0) is 18.5. The minimum absolute atomic E-state index is 0.670. The SMILES string of the molecule is COc1ccccc1-c1nn(Cc2ccccc2)cc1/C=N\n1cnnc1. The third-order valence-corrected chi connectivity index (χ3v) is 4.08. The first kappa shape index (κ1) is 16.7. The summed E-state index contributed by atoms with van der Waals surface area (Å²) in [7, 11) is 1.66. The van der Waals surface area contributed by atoms with Crippen molar-refractivity contribution >= 4 is 6.21 Å². The standard InChI is InChI=1S/C20H18N6O/c1-27-19-10-6-5-9-18(19)20-17(11-23-26-14-21-22-15-26)13-25(24-20)12-16-7-3-2-4-8-16/h2-11,13-15H,12H2,1H3/b23-11-. The molecule has 7 heteroatoms. The predicted octanol–water partition coefficient (Wildman–Crippen LogP) is 3.08. The van der Waals surface area contributed by atoms with Crippen LogP contribution in [-0.2, 0) is 6.54 Å². The van der Waals surface area contributed by atoms with E-state index < -0.39 is 0 Å². The topological polar surface area (TPSA) is 70.1 Å². The number of para-hydroxylation sites is 1. The van der Waals surface area contributed by atoms with Gasteiger partial charge in [-0.05, 0) is 17.7 Å². The van der Waals surface area contributed by atoms with Crippen molar-refractivity contribution < 1.29 is 4.74 Å². The van der Waals surface area contributed by atoms with Crippen molar-refractivity contribution in [1.82, 2.24) is 24.7 Å². The van der Waals surface area contributed by atoms with E-state index in [2.05, 4.69) is 27.4 Å². The number of aromatic nitrogens is 5. The van der Waals surface area contributed by atoms with Crippen molar-refractivity contribution in [3.63, 3.8) is 0 Å². The van der Waals surface area contributed by atoms with Gasteiger partial charge in [0.15, 0.2) is 0 Å². The average molecular weight is 358 g/mol. The summed E-state index contributed by atoms with van der Waals surface area (Å²) in [6.45, 7) is 0.670. The van der Waals surface area contributed by atoms with Gasteiger partial charge in [-0.15, -0.1) is 10.2 Å². The van der Waals surface area contributed by atoms with Crippen molar-refractivity contribution in [2.75, 3.05) is 7.11 Å². The molecule has 2 heterocycles. The Balaban J connectivity index is 1.75. The monoisotopic (exact) mass is 358 g/mol. The summed E-state index contributed by atoms with van der Waals surface area (Å²) >= 11 is 0. The molecule has 4 rings (SSSR count). The minimum atomic E-state index is 0.670. The van der Waals surface area contributed by atoms with Crippen LogP contribution in [0.1, 0.15) is 11.1 Å². The molecule has 0 unspecified atom stereocenters. The summed E-state index contributed by atoms with van der Waals surface area (Å²) in [4.78, 5) is 0. The van der Waals surface area contributed by atoms with Crippen molar-refractivity contribution in [2.24, 2.45) is 5.10 Å². The van der Waals surface area contributed by atoms with E-state index in [0.717, 1.165) is 22.6 Å². The van der Waals surface area contributed by atoms with Gasteiger partial charge in [0.25, 0.3) is 0 Å². The highest BCUT2D eigenvalue weighted by Crippen LogP contribution is 2.30. The van der Waals surface area contributed by atoms with E-state index in [1.807, 2.05) is 53.3 Å². The molecule has 0 spiro atoms. The van der Waals surface area contributed by atoms with E-state index in [9.17, 15) is 0 Å². The third-order valence-electron chi connectivity index (χ3n) is 4.08. The molecule has 0 aliphatic carbocycles. The number of hydrogen-bond acceptors (Lipinski definition) is 5. The molecule has 134 valence electrons. The number of nitrogens with zero attached hydrogens (tertiary/aromatic N) is 6. The minimum Gasteiger partial charge on any atom is -0.496 e. The zero-order valence-corrected chi connectivity index (χ0v) is 14.8. The number of ether oxygens (including phenoxy) is 1. The fourth-order valence-electron chi connectivity index (χ4n) is 2.82. The fraction of sp³-hybridized carbons (Fsp3) is 0.100. The molecular weight excluding hydrogens is 340 g/mol. The molecule has 0 N–H and O–H groups in total. The van der Waals surface area contributed by atoms with Gasteiger partial charge in [-0.1, -0.05) is 42.5 Å². The predicted molar refractivity (Wildman–Crippen MR) is 103 cm³/mol. The molecule has 4 aromatic rings. The van der Waals surface area contributed by atoms with Gasteiger partial charge in [0.2, 0.25) is 0 Å². The second kappa shape index (κ2) is 7.65. The molecule has 0 fully saturated rings. The molecule has 0 radical (unpaired) electrons. The van der Waals surface area contributed by atoms with Crippen LogP contribution < -0.4 is 4.74 Å². The molecule has 0 aliphatic rings. The van der Waals surface area contributed by atoms with Crippen LogP contribution in [0, 0.1) is 0 Å². The van der Waals surface area contributed by atoms with Gasteiger partial charge in [-0.2, -0.15) is 10.2 Å². The van der Waals surface area contributed by atoms with E-state index in [1.54, 1.807) is 18.0 Å². The number of hydrogen-bond donors (Lipinski definition) is 0. The van der Waals surface area contributed by atoms with E-state index in [1.165, 1.54) is 18.2 Å². The number of rotatable bonds is 6. The van der Waals surface area contributed by atoms with Gasteiger partial charge in [-0.25, -0.2) is 4.68 Å². The van der Waals surface area contributed by atoms with Crippen molar-refractivity contribution in [2.45, 2.75) is 6.54 Å². The van der Waals surface area contributed by atoms with Crippen LogP contribution in [0.2, 0.25) is 0 Å². The van der Waals surface area contributed by atoms with Crippen LogP contribution in [0.4, 0.5) is 0 Å². The first-order valence-electron chi connectivity index (χ1n) is 8.47. The average Bonchev–Trinajstić information content (AvgIpc) is 3.37. The van der Waals surface area contributed by atoms with E-state index in [4.69, 9.17) is 9.84 Å². The second-order valence-electron chi connectivity index (χ2n) is 5.90. The molecule has 7 nitrogen and oxygen atoms in total. The summed E-state index contributed by atoms with van der Waals surface area (Å²) in [6, 6.07) is 18.0. The lowest BCUT2D eigenvalue weighted by atomic mass is 10.1. The van der Waals surface area contributed by atoms with E-state index in [-0.39, 0.29) is 0 Å². The second-order valence-corrected chi connectivity index (χ2v) is 5.90. The van der Waals surface area contributed by atoms with Gasteiger partial charge in [0.05, 0.1) is 19.9 Å². The number of benzene rings is 2. The number of methoxy groups -OCH3 is 1. The molecule has 0 bridgehead atoms. The molecule has 0 atom stereocenters. The van der Waals surface area contributed by atoms with Gasteiger partial charge in [0.1, 0.15) is 24.1 Å². The molecule has 0 saturated carbocycles. The molecule has 2 aromatic heterocycles. The van der Waals surface area contributed by atoms with E-state index in [0.29, 0.717) is 6.54 Å². The lowest BCUT2D eigenvalue weighted by Crippen LogP contribution is -2.00. The van der Waals surface area contributed by atoms with Crippen LogP contribution >= 0.6 is 0 Å². The van der Waals surface area contributed by atoms with Crippen molar-refractivity contribution in [3.05, 3.63) is 84.6 Å². The zero-order valence-electron chi connectivity index (χ0n) is 14.8. The van der Waals surface area contributed by atoms with Crippen molar-refractivity contribution in [1.29, 1.82) is 0 Å². The van der Waals surface area contributed by atoms with Gasteiger partial charge in [0, 0.05) is 17.3 Å². The highest BCUT2D eigenvalue weighted by molar-refractivity contribution is 5.89. The molecule has 27 heavy (non-hydrogen) atoms. The van der Waals surface area contributed by atoms with Crippen LogP contribution in [0.15, 0.2) is 78.6 Å². The normalized spacial score (nSPS) is 11.1. The van der Waals surface area contributed by atoms with Crippen LogP contribution in [0.3, 0.4) is 0 Å². The molecule has 0 amide bonds. The molecular formula is C20H18N6O. The van der Waals surface area contributed by atoms with Crippen molar-refractivity contribution in [3.8, 4) is 17.0 Å². The smallest absolute Gasteiger partial charge is 0.141 e. The highest BCUT2D eigenvalue weighted by atomic mass is 16.5. The summed E-state index contributed by atoms with van der Waals surface area (Å²) < 4.78 is 8.96. The third kappa shape index (κ3) is 3.77. The Morgan fingerprint density at radius 1 is 1.00 bits per heavy atom. The first-order chi connectivity index (χ1) is 13.3. The lowest BCUT2D eigenvalue weighted by molar-refractivity contribution is 0.416.